The number of anilines is 1. The fraction of sp³-hybridized carbons (Fsp3) is 0.333. The summed E-state index contributed by atoms with van der Waals surface area (Å²) in [6, 6.07) is 3.72. The molecule has 0 saturated carbocycles. The van der Waals surface area contributed by atoms with Crippen LogP contribution in [0.2, 0.25) is 0 Å². The second-order valence-electron chi connectivity index (χ2n) is 5.92. The van der Waals surface area contributed by atoms with Gasteiger partial charge in [0, 0.05) is 19.3 Å². The average Bonchev–Trinajstić information content (AvgIpc) is 2.89. The van der Waals surface area contributed by atoms with Crippen molar-refractivity contribution in [3.8, 4) is 0 Å². The Bertz CT molecular complexity index is 981. The van der Waals surface area contributed by atoms with E-state index in [1.807, 2.05) is 32.9 Å². The molecule has 2 aromatic rings. The number of thioether (sulfide) groups is 1. The summed E-state index contributed by atoms with van der Waals surface area (Å²) in [5, 5.41) is 3.21. The number of thiocarbonyl (C=S) groups is 1. The van der Waals surface area contributed by atoms with Crippen molar-refractivity contribution < 1.29 is 4.79 Å². The Morgan fingerprint density at radius 2 is 2.12 bits per heavy atom. The van der Waals surface area contributed by atoms with E-state index < -0.39 is 0 Å². The highest BCUT2D eigenvalue weighted by Gasteiger charge is 2.31. The van der Waals surface area contributed by atoms with Gasteiger partial charge in [-0.05, 0) is 38.0 Å². The lowest BCUT2D eigenvalue weighted by molar-refractivity contribution is -0.121. The Hall–Kier alpha value is -2.19. The van der Waals surface area contributed by atoms with Gasteiger partial charge in [-0.3, -0.25) is 18.9 Å². The molecule has 0 radical (unpaired) electrons. The van der Waals surface area contributed by atoms with Crippen LogP contribution in [-0.4, -0.2) is 37.6 Å². The molecule has 2 aromatic heterocycles. The van der Waals surface area contributed by atoms with Gasteiger partial charge in [-0.15, -0.1) is 0 Å². The Labute approximate surface area is 161 Å². The van der Waals surface area contributed by atoms with Crippen molar-refractivity contribution in [2.24, 2.45) is 0 Å². The summed E-state index contributed by atoms with van der Waals surface area (Å²) in [6.07, 6.45) is 4.19. The highest BCUT2D eigenvalue weighted by atomic mass is 32.2. The lowest BCUT2D eigenvalue weighted by atomic mass is 10.2. The van der Waals surface area contributed by atoms with E-state index in [2.05, 4.69) is 10.3 Å². The number of aromatic nitrogens is 2. The molecule has 3 rings (SSSR count). The van der Waals surface area contributed by atoms with Crippen LogP contribution in [0.25, 0.3) is 11.7 Å². The highest BCUT2D eigenvalue weighted by Crippen LogP contribution is 2.32. The van der Waals surface area contributed by atoms with Crippen LogP contribution in [0, 0.1) is 6.92 Å². The molecule has 3 heterocycles. The van der Waals surface area contributed by atoms with Gasteiger partial charge in [-0.25, -0.2) is 4.98 Å². The molecule has 6 nitrogen and oxygen atoms in total. The van der Waals surface area contributed by atoms with E-state index in [1.54, 1.807) is 12.3 Å². The number of aryl methyl sites for hydroxylation is 1. The van der Waals surface area contributed by atoms with Crippen molar-refractivity contribution in [3.05, 3.63) is 44.7 Å². The van der Waals surface area contributed by atoms with Crippen molar-refractivity contribution >= 4 is 51.7 Å². The Morgan fingerprint density at radius 1 is 1.35 bits per heavy atom. The molecule has 0 bridgehead atoms. The molecule has 1 aliphatic heterocycles. The molecule has 1 fully saturated rings. The maximum atomic E-state index is 13.1. The van der Waals surface area contributed by atoms with Crippen LogP contribution in [0.1, 0.15) is 31.4 Å². The number of carbonyl (C=O) groups excluding carboxylic acids is 1. The second-order valence-corrected chi connectivity index (χ2v) is 7.59. The quantitative estimate of drug-likeness (QED) is 0.627. The predicted molar refractivity (Wildman–Crippen MR) is 111 cm³/mol. The van der Waals surface area contributed by atoms with E-state index in [4.69, 9.17) is 12.2 Å². The largest absolute Gasteiger partial charge is 0.369 e. The summed E-state index contributed by atoms with van der Waals surface area (Å²) in [4.78, 5) is 32.2. The minimum atomic E-state index is -0.209. The molecule has 1 N–H and O–H groups in total. The molecule has 1 amide bonds. The van der Waals surface area contributed by atoms with Gasteiger partial charge in [0.1, 0.15) is 15.8 Å². The summed E-state index contributed by atoms with van der Waals surface area (Å²) < 4.78 is 2.02. The summed E-state index contributed by atoms with van der Waals surface area (Å²) in [7, 11) is 0. The Morgan fingerprint density at radius 3 is 2.77 bits per heavy atom. The first kappa shape index (κ1) is 18.6. The van der Waals surface area contributed by atoms with Crippen molar-refractivity contribution in [1.82, 2.24) is 14.3 Å². The highest BCUT2D eigenvalue weighted by molar-refractivity contribution is 8.26. The molecule has 8 heteroatoms. The number of likely N-dealkylation sites (N-methyl/N-ethyl adjacent to an activating group) is 1. The lowest BCUT2D eigenvalue weighted by Crippen LogP contribution is -2.27. The second kappa shape index (κ2) is 7.59. The molecule has 1 saturated heterocycles. The zero-order valence-electron chi connectivity index (χ0n) is 14.9. The van der Waals surface area contributed by atoms with Crippen molar-refractivity contribution in [3.63, 3.8) is 0 Å². The normalized spacial score (nSPS) is 16.1. The van der Waals surface area contributed by atoms with E-state index in [-0.39, 0.29) is 11.5 Å². The maximum absolute atomic E-state index is 13.1. The predicted octanol–water partition coefficient (Wildman–Crippen LogP) is 3.05. The molecule has 1 aliphatic rings. The molecular weight excluding hydrogens is 368 g/mol. The summed E-state index contributed by atoms with van der Waals surface area (Å²) >= 11 is 6.47. The fourth-order valence-electron chi connectivity index (χ4n) is 2.72. The smallest absolute Gasteiger partial charge is 0.267 e. The van der Waals surface area contributed by atoms with Gasteiger partial charge >= 0.3 is 0 Å². The summed E-state index contributed by atoms with van der Waals surface area (Å²) in [6.45, 7) is 7.02. The monoisotopic (exact) mass is 388 g/mol. The van der Waals surface area contributed by atoms with Crippen LogP contribution < -0.4 is 10.9 Å². The van der Waals surface area contributed by atoms with Crippen molar-refractivity contribution in [2.75, 3.05) is 18.4 Å². The Kier molecular flexibility index (Phi) is 5.43. The van der Waals surface area contributed by atoms with E-state index in [1.165, 1.54) is 21.1 Å². The van der Waals surface area contributed by atoms with Gasteiger partial charge in [0.15, 0.2) is 0 Å². The van der Waals surface area contributed by atoms with E-state index in [9.17, 15) is 9.59 Å². The zero-order chi connectivity index (χ0) is 18.8. The molecule has 0 atom stereocenters. The molecule has 0 unspecified atom stereocenters. The van der Waals surface area contributed by atoms with Gasteiger partial charge in [-0.1, -0.05) is 37.0 Å². The minimum Gasteiger partial charge on any atom is -0.369 e. The Balaban J connectivity index is 2.19. The minimum absolute atomic E-state index is 0.169. The molecule has 0 aromatic carbocycles. The first-order valence-electron chi connectivity index (χ1n) is 8.49. The lowest BCUT2D eigenvalue weighted by Gasteiger charge is -2.12. The van der Waals surface area contributed by atoms with Crippen LogP contribution in [0.3, 0.4) is 0 Å². The first-order chi connectivity index (χ1) is 12.5. The van der Waals surface area contributed by atoms with Gasteiger partial charge in [0.25, 0.3) is 11.5 Å². The molecular formula is C18H20N4O2S2. The fourth-order valence-corrected chi connectivity index (χ4v) is 4.09. The number of fused-ring (bicyclic) bond motifs is 1. The number of hydrogen-bond acceptors (Lipinski definition) is 6. The van der Waals surface area contributed by atoms with E-state index in [0.717, 1.165) is 12.0 Å². The number of carbonyl (C=O) groups is 1. The third-order valence-corrected chi connectivity index (χ3v) is 5.47. The molecule has 0 aliphatic carbocycles. The number of hydrogen-bond donors (Lipinski definition) is 1. The van der Waals surface area contributed by atoms with Crippen LogP contribution >= 0.6 is 24.0 Å². The van der Waals surface area contributed by atoms with Crippen LogP contribution in [0.4, 0.5) is 5.82 Å². The number of nitrogens with zero attached hydrogens (tertiary/aromatic N) is 3. The first-order valence-corrected chi connectivity index (χ1v) is 9.71. The number of amides is 1. The molecule has 0 spiro atoms. The van der Waals surface area contributed by atoms with E-state index >= 15 is 0 Å². The standard InChI is InChI=1S/C18H20N4O2S2/c1-4-8-19-14-12(10-13-17(24)21(5-2)18(25)26-13)16(23)22-9-6-7-11(3)15(22)20-14/h6-7,9-10,19H,4-5,8H2,1-3H3. The zero-order valence-corrected chi connectivity index (χ0v) is 16.5. The van der Waals surface area contributed by atoms with Crippen molar-refractivity contribution in [2.45, 2.75) is 27.2 Å². The third kappa shape index (κ3) is 3.26. The third-order valence-electron chi connectivity index (χ3n) is 4.09. The van der Waals surface area contributed by atoms with Crippen molar-refractivity contribution in [1.29, 1.82) is 0 Å². The van der Waals surface area contributed by atoms with Crippen LogP contribution in [0.5, 0.6) is 0 Å². The SMILES string of the molecule is CCCNc1nc2c(C)cccn2c(=O)c1C=C1SC(=S)N(CC)C1=O. The maximum Gasteiger partial charge on any atom is 0.267 e. The van der Waals surface area contributed by atoms with Gasteiger partial charge in [0.05, 0.1) is 10.5 Å². The number of rotatable bonds is 5. The topological polar surface area (TPSA) is 66.7 Å². The average molecular weight is 389 g/mol. The van der Waals surface area contributed by atoms with Gasteiger partial charge in [-0.2, -0.15) is 0 Å². The van der Waals surface area contributed by atoms with Crippen LogP contribution in [-0.2, 0) is 4.79 Å². The van der Waals surface area contributed by atoms with Gasteiger partial charge < -0.3 is 5.32 Å². The summed E-state index contributed by atoms with van der Waals surface area (Å²) in [5.41, 5.74) is 1.68. The van der Waals surface area contributed by atoms with E-state index in [0.29, 0.717) is 39.3 Å². The molecule has 26 heavy (non-hydrogen) atoms. The summed E-state index contributed by atoms with van der Waals surface area (Å²) in [5.74, 6) is 0.325. The number of nitrogens with one attached hydrogen (secondary N) is 1. The molecule has 136 valence electrons. The van der Waals surface area contributed by atoms with Crippen LogP contribution in [0.15, 0.2) is 28.0 Å². The number of pyridine rings is 1. The van der Waals surface area contributed by atoms with Gasteiger partial charge in [0.2, 0.25) is 0 Å².